The van der Waals surface area contributed by atoms with Gasteiger partial charge in [-0.25, -0.2) is 9.78 Å². The van der Waals surface area contributed by atoms with E-state index in [0.717, 1.165) is 14.6 Å². The molecule has 0 atom stereocenters. The van der Waals surface area contributed by atoms with E-state index in [1.165, 1.54) is 23.3 Å². The lowest BCUT2D eigenvalue weighted by molar-refractivity contribution is 0.0693. The Hall–Kier alpha value is -0.920. The lowest BCUT2D eigenvalue weighted by atomic mass is 10.2. The van der Waals surface area contributed by atoms with Crippen molar-refractivity contribution >= 4 is 45.2 Å². The molecule has 0 unspecified atom stereocenters. The van der Waals surface area contributed by atoms with Crippen LogP contribution in [0, 0.1) is 0 Å². The molecule has 0 bridgehead atoms. The molecule has 0 aliphatic carbocycles. The first-order chi connectivity index (χ1) is 8.97. The maximum Gasteiger partial charge on any atom is 0.336 e. The van der Waals surface area contributed by atoms with E-state index in [-0.39, 0.29) is 11.5 Å². The number of nitrogens with zero attached hydrogens (tertiary/aromatic N) is 2. The third-order valence-corrected chi connectivity index (χ3v) is 4.63. The molecule has 0 radical (unpaired) electrons. The molecule has 0 saturated carbocycles. The van der Waals surface area contributed by atoms with Gasteiger partial charge in [-0.15, -0.1) is 0 Å². The normalized spacial score (nSPS) is 10.9. The van der Waals surface area contributed by atoms with Gasteiger partial charge < -0.3 is 5.11 Å². The summed E-state index contributed by atoms with van der Waals surface area (Å²) in [6.45, 7) is 4.05. The highest BCUT2D eigenvalue weighted by molar-refractivity contribution is 9.10. The van der Waals surface area contributed by atoms with Crippen LogP contribution in [0.4, 0.5) is 0 Å². The van der Waals surface area contributed by atoms with Crippen LogP contribution in [-0.2, 0) is 0 Å². The summed E-state index contributed by atoms with van der Waals surface area (Å²) in [6.07, 6.45) is 0. The molecule has 1 N–H and O–H groups in total. The quantitative estimate of drug-likeness (QED) is 0.883. The van der Waals surface area contributed by atoms with Gasteiger partial charge in [0.05, 0.1) is 5.56 Å². The molecule has 0 spiro atoms. The fourth-order valence-electron chi connectivity index (χ4n) is 1.35. The minimum Gasteiger partial charge on any atom is -0.478 e. The Morgan fingerprint density at radius 2 is 2.21 bits per heavy atom. The number of hydrogen-bond acceptors (Lipinski definition) is 5. The molecule has 4 nitrogen and oxygen atoms in total. The molecule has 7 heteroatoms. The van der Waals surface area contributed by atoms with Crippen LogP contribution in [0.25, 0.3) is 0 Å². The Morgan fingerprint density at radius 1 is 1.47 bits per heavy atom. The van der Waals surface area contributed by atoms with Gasteiger partial charge in [-0.05, 0) is 29.7 Å². The zero-order chi connectivity index (χ0) is 14.0. The van der Waals surface area contributed by atoms with Crippen LogP contribution in [0.5, 0.6) is 0 Å². The van der Waals surface area contributed by atoms with Gasteiger partial charge >= 0.3 is 5.97 Å². The first-order valence-electron chi connectivity index (χ1n) is 5.51. The Balaban J connectivity index is 2.31. The van der Waals surface area contributed by atoms with Crippen LogP contribution in [0.1, 0.15) is 35.9 Å². The van der Waals surface area contributed by atoms with Crippen LogP contribution < -0.4 is 0 Å². The van der Waals surface area contributed by atoms with Gasteiger partial charge in [0, 0.05) is 15.3 Å². The Kier molecular flexibility index (Phi) is 4.59. The average Bonchev–Trinajstić information content (AvgIpc) is 2.77. The highest BCUT2D eigenvalue weighted by Crippen LogP contribution is 2.34. The van der Waals surface area contributed by atoms with E-state index in [0.29, 0.717) is 4.90 Å². The summed E-state index contributed by atoms with van der Waals surface area (Å²) in [7, 11) is 0. The largest absolute Gasteiger partial charge is 0.478 e. The van der Waals surface area contributed by atoms with Gasteiger partial charge in [-0.3, -0.25) is 0 Å². The lowest BCUT2D eigenvalue weighted by Crippen LogP contribution is -1.98. The fourth-order valence-corrected chi connectivity index (χ4v) is 3.73. The second-order valence-corrected chi connectivity index (χ2v) is 7.08. The third-order valence-electron chi connectivity index (χ3n) is 2.31. The summed E-state index contributed by atoms with van der Waals surface area (Å²) in [5.41, 5.74) is 0.273. The molecular weight excluding hydrogens is 348 g/mol. The molecule has 0 aliphatic heterocycles. The molecule has 1 aromatic heterocycles. The van der Waals surface area contributed by atoms with Crippen LogP contribution in [-0.4, -0.2) is 20.4 Å². The highest BCUT2D eigenvalue weighted by atomic mass is 79.9. The summed E-state index contributed by atoms with van der Waals surface area (Å²) in [5, 5.41) is 9.17. The van der Waals surface area contributed by atoms with E-state index in [1.54, 1.807) is 18.2 Å². The summed E-state index contributed by atoms with van der Waals surface area (Å²) in [5.74, 6) is 0.120. The zero-order valence-electron chi connectivity index (χ0n) is 10.3. The molecule has 1 aromatic carbocycles. The van der Waals surface area contributed by atoms with E-state index in [9.17, 15) is 4.79 Å². The van der Waals surface area contributed by atoms with E-state index in [1.807, 2.05) is 13.8 Å². The number of hydrogen-bond donors (Lipinski definition) is 1. The van der Waals surface area contributed by atoms with Crippen molar-refractivity contribution in [1.29, 1.82) is 0 Å². The predicted molar refractivity (Wildman–Crippen MR) is 79.2 cm³/mol. The fraction of sp³-hybridized carbons (Fsp3) is 0.250. The second kappa shape index (κ2) is 6.02. The van der Waals surface area contributed by atoms with E-state index >= 15 is 0 Å². The maximum atomic E-state index is 11.2. The minimum absolute atomic E-state index is 0.270. The lowest BCUT2D eigenvalue weighted by Gasteiger charge is -2.03. The standard InChI is InChI=1S/C12H11BrN2O2S2/c1-6(2)10-14-12(19-15-10)18-9-5-7(13)3-4-8(9)11(16)17/h3-6H,1-2H3,(H,16,17). The number of aromatic nitrogens is 2. The maximum absolute atomic E-state index is 11.2. The van der Waals surface area contributed by atoms with Gasteiger partial charge in [0.15, 0.2) is 4.34 Å². The smallest absolute Gasteiger partial charge is 0.336 e. The second-order valence-electron chi connectivity index (χ2n) is 4.12. The van der Waals surface area contributed by atoms with Gasteiger partial charge in [0.25, 0.3) is 0 Å². The number of carbonyl (C=O) groups is 1. The summed E-state index contributed by atoms with van der Waals surface area (Å²) < 4.78 is 5.85. The number of benzene rings is 1. The van der Waals surface area contributed by atoms with Crippen LogP contribution in [0.3, 0.4) is 0 Å². The SMILES string of the molecule is CC(C)c1nsc(Sc2cc(Br)ccc2C(=O)O)n1. The summed E-state index contributed by atoms with van der Waals surface area (Å²) in [4.78, 5) is 16.2. The number of carboxylic acid groups (broad SMARTS) is 1. The van der Waals surface area contributed by atoms with Crippen molar-refractivity contribution in [1.82, 2.24) is 9.36 Å². The number of rotatable bonds is 4. The Bertz CT molecular complexity index is 614. The Morgan fingerprint density at radius 3 is 2.79 bits per heavy atom. The van der Waals surface area contributed by atoms with E-state index in [4.69, 9.17) is 5.11 Å². The molecule has 19 heavy (non-hydrogen) atoms. The Labute approximate surface area is 127 Å². The topological polar surface area (TPSA) is 63.1 Å². The molecule has 0 saturated heterocycles. The van der Waals surface area contributed by atoms with Crippen LogP contribution in [0.15, 0.2) is 31.9 Å². The van der Waals surface area contributed by atoms with Crippen LogP contribution >= 0.6 is 39.2 Å². The van der Waals surface area contributed by atoms with Gasteiger partial charge in [-0.2, -0.15) is 4.37 Å². The molecule has 1 heterocycles. The van der Waals surface area contributed by atoms with Crippen molar-refractivity contribution < 1.29 is 9.90 Å². The zero-order valence-corrected chi connectivity index (χ0v) is 13.5. The minimum atomic E-state index is -0.941. The van der Waals surface area contributed by atoms with E-state index in [2.05, 4.69) is 25.3 Å². The summed E-state index contributed by atoms with van der Waals surface area (Å²) in [6, 6.07) is 5.08. The van der Waals surface area contributed by atoms with Crippen LogP contribution in [0.2, 0.25) is 0 Å². The monoisotopic (exact) mass is 358 g/mol. The molecule has 0 amide bonds. The van der Waals surface area contributed by atoms with Crippen molar-refractivity contribution in [3.05, 3.63) is 34.1 Å². The summed E-state index contributed by atoms with van der Waals surface area (Å²) >= 11 is 5.97. The molecule has 100 valence electrons. The third kappa shape index (κ3) is 3.55. The molecule has 0 fully saturated rings. The van der Waals surface area contributed by atoms with Crippen molar-refractivity contribution in [2.75, 3.05) is 0 Å². The van der Waals surface area contributed by atoms with Crippen molar-refractivity contribution in [3.8, 4) is 0 Å². The van der Waals surface area contributed by atoms with Gasteiger partial charge in [0.1, 0.15) is 5.82 Å². The molecule has 2 rings (SSSR count). The van der Waals surface area contributed by atoms with Crippen molar-refractivity contribution in [3.63, 3.8) is 0 Å². The molecule has 0 aliphatic rings. The number of aromatic carboxylic acids is 1. The predicted octanol–water partition coefficient (Wildman–Crippen LogP) is 4.27. The number of halogens is 1. The molecular formula is C12H11BrN2O2S2. The van der Waals surface area contributed by atoms with Gasteiger partial charge in [-0.1, -0.05) is 41.5 Å². The molecule has 2 aromatic rings. The average molecular weight is 359 g/mol. The van der Waals surface area contributed by atoms with E-state index < -0.39 is 5.97 Å². The van der Waals surface area contributed by atoms with Crippen molar-refractivity contribution in [2.24, 2.45) is 0 Å². The first-order valence-corrected chi connectivity index (χ1v) is 7.90. The van der Waals surface area contributed by atoms with Crippen molar-refractivity contribution in [2.45, 2.75) is 29.0 Å². The van der Waals surface area contributed by atoms with Gasteiger partial charge in [0.2, 0.25) is 0 Å². The highest BCUT2D eigenvalue weighted by Gasteiger charge is 2.15. The number of carboxylic acids is 1. The first kappa shape index (κ1) is 14.5.